The lowest BCUT2D eigenvalue weighted by Crippen LogP contribution is -2.38. The maximum atomic E-state index is 14.4. The standard InChI is InChI=1S/C20H20FNO3S.ClH/c1-12(23)25-18-10-14-11-22(9-8-17(14)26-18)19(20(24)13-6-7-13)15-4-2-3-5-16(15)21;/h2-5,10,13,19H,6-9,11H2,1H3;1H/t19-;/m1./s1. The fourth-order valence-corrected chi connectivity index (χ4v) is 4.61. The smallest absolute Gasteiger partial charge is 0.308 e. The largest absolute Gasteiger partial charge is 0.416 e. The summed E-state index contributed by atoms with van der Waals surface area (Å²) in [6.45, 7) is 2.63. The third-order valence-electron chi connectivity index (χ3n) is 4.93. The van der Waals surface area contributed by atoms with Crippen molar-refractivity contribution in [2.75, 3.05) is 6.54 Å². The van der Waals surface area contributed by atoms with E-state index in [9.17, 15) is 14.0 Å². The van der Waals surface area contributed by atoms with Gasteiger partial charge in [0.25, 0.3) is 0 Å². The van der Waals surface area contributed by atoms with Crippen molar-refractivity contribution in [2.45, 2.75) is 38.8 Å². The number of hydrogen-bond donors (Lipinski definition) is 0. The van der Waals surface area contributed by atoms with Gasteiger partial charge in [0.2, 0.25) is 0 Å². The van der Waals surface area contributed by atoms with Crippen molar-refractivity contribution in [3.05, 3.63) is 52.2 Å². The van der Waals surface area contributed by atoms with Gasteiger partial charge in [-0.2, -0.15) is 0 Å². The minimum atomic E-state index is -0.547. The maximum absolute atomic E-state index is 14.4. The van der Waals surface area contributed by atoms with E-state index in [0.29, 0.717) is 23.7 Å². The average Bonchev–Trinajstić information content (AvgIpc) is 3.37. The molecular formula is C20H21ClFNO3S. The Bertz CT molecular complexity index is 865. The second-order valence-electron chi connectivity index (χ2n) is 6.93. The van der Waals surface area contributed by atoms with Crippen LogP contribution in [0, 0.1) is 11.7 Å². The highest BCUT2D eigenvalue weighted by molar-refractivity contribution is 7.14. The molecule has 2 aliphatic rings. The summed E-state index contributed by atoms with van der Waals surface area (Å²) in [5.74, 6) is -0.495. The molecule has 144 valence electrons. The Morgan fingerprint density at radius 3 is 2.70 bits per heavy atom. The number of benzene rings is 1. The third-order valence-corrected chi connectivity index (χ3v) is 6.05. The second kappa shape index (κ2) is 8.09. The molecule has 0 N–H and O–H groups in total. The van der Waals surface area contributed by atoms with E-state index in [4.69, 9.17) is 4.74 Å². The second-order valence-corrected chi connectivity index (χ2v) is 8.03. The molecule has 7 heteroatoms. The number of Topliss-reactive ketones (excluding diaryl/α,β-unsaturated/α-hetero) is 1. The lowest BCUT2D eigenvalue weighted by Gasteiger charge is -2.34. The highest BCUT2D eigenvalue weighted by Crippen LogP contribution is 2.41. The molecule has 0 bridgehead atoms. The number of ketones is 1. The fraction of sp³-hybridized carbons (Fsp3) is 0.400. The molecule has 4 nitrogen and oxygen atoms in total. The molecule has 0 radical (unpaired) electrons. The topological polar surface area (TPSA) is 46.6 Å². The van der Waals surface area contributed by atoms with Crippen LogP contribution >= 0.6 is 23.7 Å². The van der Waals surface area contributed by atoms with Crippen molar-refractivity contribution in [2.24, 2.45) is 5.92 Å². The fourth-order valence-electron chi connectivity index (χ4n) is 3.56. The Hall–Kier alpha value is -1.76. The number of esters is 1. The monoisotopic (exact) mass is 409 g/mol. The van der Waals surface area contributed by atoms with Crippen molar-refractivity contribution >= 4 is 35.5 Å². The summed E-state index contributed by atoms with van der Waals surface area (Å²) in [6, 6.07) is 7.89. The van der Waals surface area contributed by atoms with E-state index in [1.165, 1.54) is 29.2 Å². The summed E-state index contributed by atoms with van der Waals surface area (Å²) < 4.78 is 19.6. The number of fused-ring (bicyclic) bond motifs is 1. The molecule has 1 aliphatic heterocycles. The maximum Gasteiger partial charge on any atom is 0.308 e. The van der Waals surface area contributed by atoms with Crippen LogP contribution < -0.4 is 4.74 Å². The number of carbonyl (C=O) groups is 2. The molecule has 1 aromatic heterocycles. The molecule has 0 saturated heterocycles. The van der Waals surface area contributed by atoms with Crippen molar-refractivity contribution in [3.8, 4) is 5.06 Å². The van der Waals surface area contributed by atoms with Crippen molar-refractivity contribution in [1.29, 1.82) is 0 Å². The summed E-state index contributed by atoms with van der Waals surface area (Å²) in [4.78, 5) is 27.4. The van der Waals surface area contributed by atoms with E-state index >= 15 is 0 Å². The van der Waals surface area contributed by atoms with Crippen molar-refractivity contribution in [1.82, 2.24) is 4.90 Å². The zero-order valence-electron chi connectivity index (χ0n) is 14.9. The molecular weight excluding hydrogens is 389 g/mol. The number of thiophene rings is 1. The Morgan fingerprint density at radius 1 is 1.30 bits per heavy atom. The molecule has 2 aromatic rings. The first-order chi connectivity index (χ1) is 12.5. The van der Waals surface area contributed by atoms with Gasteiger partial charge in [-0.1, -0.05) is 18.2 Å². The van der Waals surface area contributed by atoms with Crippen LogP contribution in [0.3, 0.4) is 0 Å². The average molecular weight is 410 g/mol. The van der Waals surface area contributed by atoms with Gasteiger partial charge in [0, 0.05) is 36.4 Å². The molecule has 0 spiro atoms. The minimum Gasteiger partial charge on any atom is -0.416 e. The van der Waals surface area contributed by atoms with Gasteiger partial charge in [0.1, 0.15) is 5.82 Å². The number of nitrogens with zero attached hydrogens (tertiary/aromatic N) is 1. The Kier molecular flexibility index (Phi) is 5.99. The Balaban J connectivity index is 0.00000210. The summed E-state index contributed by atoms with van der Waals surface area (Å²) in [7, 11) is 0. The summed E-state index contributed by atoms with van der Waals surface area (Å²) in [5.41, 5.74) is 1.52. The molecule has 1 fully saturated rings. The Morgan fingerprint density at radius 2 is 2.04 bits per heavy atom. The van der Waals surface area contributed by atoms with E-state index in [0.717, 1.165) is 24.8 Å². The highest BCUT2D eigenvalue weighted by atomic mass is 35.5. The molecule has 2 heterocycles. The van der Waals surface area contributed by atoms with E-state index in [1.54, 1.807) is 18.2 Å². The lowest BCUT2D eigenvalue weighted by atomic mass is 9.95. The van der Waals surface area contributed by atoms with Crippen LogP contribution in [0.25, 0.3) is 0 Å². The van der Waals surface area contributed by atoms with Crippen LogP contribution in [0.5, 0.6) is 5.06 Å². The molecule has 1 atom stereocenters. The van der Waals surface area contributed by atoms with E-state index in [-0.39, 0.29) is 35.9 Å². The molecule has 1 aliphatic carbocycles. The SMILES string of the molecule is CC(=O)Oc1cc2c(s1)CCN([C@@H](C(=O)C1CC1)c1ccccc1F)C2.Cl. The molecule has 27 heavy (non-hydrogen) atoms. The molecule has 4 rings (SSSR count). The molecule has 1 aromatic carbocycles. The first kappa shape index (κ1) is 20.0. The van der Waals surface area contributed by atoms with Gasteiger partial charge in [-0.05, 0) is 37.0 Å². The van der Waals surface area contributed by atoms with Gasteiger partial charge in [0.05, 0.1) is 6.04 Å². The summed E-state index contributed by atoms with van der Waals surface area (Å²) in [6.07, 6.45) is 2.57. The van der Waals surface area contributed by atoms with Crippen LogP contribution in [0.1, 0.15) is 41.8 Å². The molecule has 0 unspecified atom stereocenters. The quantitative estimate of drug-likeness (QED) is 0.690. The first-order valence-corrected chi connectivity index (χ1v) is 9.67. The lowest BCUT2D eigenvalue weighted by molar-refractivity contribution is -0.131. The Labute approximate surface area is 167 Å². The number of rotatable bonds is 5. The van der Waals surface area contributed by atoms with Crippen LogP contribution in [0.2, 0.25) is 0 Å². The van der Waals surface area contributed by atoms with Crippen LogP contribution in [-0.4, -0.2) is 23.2 Å². The molecule has 0 amide bonds. The zero-order chi connectivity index (χ0) is 18.3. The van der Waals surface area contributed by atoms with Crippen LogP contribution in [-0.2, 0) is 22.6 Å². The number of ether oxygens (including phenoxy) is 1. The van der Waals surface area contributed by atoms with Gasteiger partial charge in [0.15, 0.2) is 10.8 Å². The number of carbonyl (C=O) groups excluding carboxylic acids is 2. The minimum absolute atomic E-state index is 0. The third kappa shape index (κ3) is 4.23. The van der Waals surface area contributed by atoms with Crippen LogP contribution in [0.15, 0.2) is 30.3 Å². The van der Waals surface area contributed by atoms with Gasteiger partial charge in [-0.25, -0.2) is 4.39 Å². The van der Waals surface area contributed by atoms with Gasteiger partial charge >= 0.3 is 5.97 Å². The predicted octanol–water partition coefficient (Wildman–Crippen LogP) is 4.31. The van der Waals surface area contributed by atoms with E-state index < -0.39 is 6.04 Å². The highest BCUT2D eigenvalue weighted by Gasteiger charge is 2.40. The summed E-state index contributed by atoms with van der Waals surface area (Å²) >= 11 is 1.47. The zero-order valence-corrected chi connectivity index (χ0v) is 16.6. The van der Waals surface area contributed by atoms with Crippen molar-refractivity contribution in [3.63, 3.8) is 0 Å². The van der Waals surface area contributed by atoms with E-state index in [2.05, 4.69) is 4.90 Å². The predicted molar refractivity (Wildman–Crippen MR) is 104 cm³/mol. The number of hydrogen-bond acceptors (Lipinski definition) is 5. The van der Waals surface area contributed by atoms with Gasteiger partial charge < -0.3 is 4.74 Å². The molecule has 1 saturated carbocycles. The van der Waals surface area contributed by atoms with E-state index in [1.807, 2.05) is 6.07 Å². The van der Waals surface area contributed by atoms with Gasteiger partial charge in [-0.15, -0.1) is 23.7 Å². The summed E-state index contributed by atoms with van der Waals surface area (Å²) in [5, 5.41) is 0.584. The number of halogens is 2. The van der Waals surface area contributed by atoms with Gasteiger partial charge in [-0.3, -0.25) is 14.5 Å². The van der Waals surface area contributed by atoms with Crippen molar-refractivity contribution < 1.29 is 18.7 Å². The van der Waals surface area contributed by atoms with Crippen LogP contribution in [0.4, 0.5) is 4.39 Å². The normalized spacial score (nSPS) is 17.6. The first-order valence-electron chi connectivity index (χ1n) is 8.85.